The Morgan fingerprint density at radius 1 is 1.11 bits per heavy atom. The highest BCUT2D eigenvalue weighted by atomic mass is 19.4. The Bertz CT molecular complexity index is 793. The van der Waals surface area contributed by atoms with Gasteiger partial charge < -0.3 is 15.4 Å². The number of aromatic nitrogens is 2. The number of alkyl halides is 3. The van der Waals surface area contributed by atoms with Gasteiger partial charge in [0.25, 0.3) is 5.91 Å². The molecule has 0 radical (unpaired) electrons. The van der Waals surface area contributed by atoms with Gasteiger partial charge in [0.05, 0.1) is 24.5 Å². The van der Waals surface area contributed by atoms with E-state index in [1.807, 2.05) is 0 Å². The van der Waals surface area contributed by atoms with E-state index < -0.39 is 11.7 Å². The van der Waals surface area contributed by atoms with Gasteiger partial charge in [-0.3, -0.25) is 9.69 Å². The molecular weight excluding hydrogens is 375 g/mol. The van der Waals surface area contributed by atoms with Gasteiger partial charge in [-0.1, -0.05) is 12.1 Å². The van der Waals surface area contributed by atoms with Crippen LogP contribution in [0.2, 0.25) is 0 Å². The zero-order valence-electron chi connectivity index (χ0n) is 15.0. The number of halogens is 3. The SMILES string of the molecule is O=C(NCCN1CCOCC1)c1ccc(Nc2ccccc2C(F)(F)F)nn1. The maximum absolute atomic E-state index is 13.0. The number of para-hydroxylation sites is 1. The van der Waals surface area contributed by atoms with Crippen molar-refractivity contribution in [2.24, 2.45) is 0 Å². The molecule has 2 heterocycles. The quantitative estimate of drug-likeness (QED) is 0.782. The van der Waals surface area contributed by atoms with Crippen molar-refractivity contribution in [3.05, 3.63) is 47.7 Å². The molecule has 1 saturated heterocycles. The van der Waals surface area contributed by atoms with Crippen LogP contribution in [0.25, 0.3) is 0 Å². The first-order chi connectivity index (χ1) is 13.4. The second-order valence-electron chi connectivity index (χ2n) is 6.18. The van der Waals surface area contributed by atoms with Crippen molar-refractivity contribution in [3.63, 3.8) is 0 Å². The van der Waals surface area contributed by atoms with Crippen LogP contribution in [0.15, 0.2) is 36.4 Å². The third-order valence-corrected chi connectivity index (χ3v) is 4.21. The maximum Gasteiger partial charge on any atom is 0.418 e. The topological polar surface area (TPSA) is 79.4 Å². The first-order valence-corrected chi connectivity index (χ1v) is 8.79. The average Bonchev–Trinajstić information content (AvgIpc) is 2.69. The summed E-state index contributed by atoms with van der Waals surface area (Å²) in [6.07, 6.45) is -4.49. The molecule has 1 aliphatic heterocycles. The van der Waals surface area contributed by atoms with Crippen molar-refractivity contribution >= 4 is 17.4 Å². The van der Waals surface area contributed by atoms with Crippen molar-refractivity contribution in [2.75, 3.05) is 44.7 Å². The van der Waals surface area contributed by atoms with Crippen LogP contribution in [-0.2, 0) is 10.9 Å². The Kier molecular flexibility index (Phi) is 6.42. The van der Waals surface area contributed by atoms with Gasteiger partial charge in [0, 0.05) is 26.2 Å². The summed E-state index contributed by atoms with van der Waals surface area (Å²) in [5.74, 6) is -0.274. The predicted octanol–water partition coefficient (Wildman–Crippen LogP) is 2.30. The summed E-state index contributed by atoms with van der Waals surface area (Å²) in [5, 5.41) is 12.9. The molecule has 7 nitrogen and oxygen atoms in total. The van der Waals surface area contributed by atoms with Crippen molar-refractivity contribution in [3.8, 4) is 0 Å². The van der Waals surface area contributed by atoms with Gasteiger partial charge in [0.15, 0.2) is 11.5 Å². The van der Waals surface area contributed by atoms with Crippen LogP contribution in [0, 0.1) is 0 Å². The molecule has 1 aromatic carbocycles. The molecule has 1 aromatic heterocycles. The fraction of sp³-hybridized carbons (Fsp3) is 0.389. The number of carbonyl (C=O) groups is 1. The maximum atomic E-state index is 13.0. The van der Waals surface area contributed by atoms with Crippen LogP contribution in [0.3, 0.4) is 0 Å². The Balaban J connectivity index is 1.55. The highest BCUT2D eigenvalue weighted by Gasteiger charge is 2.33. The van der Waals surface area contributed by atoms with E-state index in [1.54, 1.807) is 0 Å². The summed E-state index contributed by atoms with van der Waals surface area (Å²) in [6, 6.07) is 7.90. The second kappa shape index (κ2) is 8.98. The van der Waals surface area contributed by atoms with Crippen molar-refractivity contribution < 1.29 is 22.7 Å². The lowest BCUT2D eigenvalue weighted by atomic mass is 10.1. The average molecular weight is 395 g/mol. The molecule has 0 saturated carbocycles. The van der Waals surface area contributed by atoms with Gasteiger partial charge in [0.2, 0.25) is 0 Å². The van der Waals surface area contributed by atoms with E-state index in [9.17, 15) is 18.0 Å². The fourth-order valence-corrected chi connectivity index (χ4v) is 2.74. The Labute approximate surface area is 159 Å². The molecular formula is C18H20F3N5O2. The first kappa shape index (κ1) is 20.0. The van der Waals surface area contributed by atoms with Crippen molar-refractivity contribution in [2.45, 2.75) is 6.18 Å². The minimum Gasteiger partial charge on any atom is -0.379 e. The standard InChI is InChI=1S/C18H20F3N5O2/c19-18(20,21)13-3-1-2-4-14(13)23-16-6-5-15(24-25-16)17(27)22-7-8-26-9-11-28-12-10-26/h1-6H,7-12H2,(H,22,27)(H,23,25). The number of rotatable bonds is 6. The number of ether oxygens (including phenoxy) is 1. The van der Waals surface area contributed by atoms with Gasteiger partial charge in [-0.05, 0) is 24.3 Å². The number of carbonyl (C=O) groups excluding carboxylic acids is 1. The lowest BCUT2D eigenvalue weighted by Gasteiger charge is -2.26. The normalized spacial score (nSPS) is 15.2. The number of benzene rings is 1. The number of anilines is 2. The smallest absolute Gasteiger partial charge is 0.379 e. The Morgan fingerprint density at radius 3 is 2.54 bits per heavy atom. The molecule has 0 aliphatic carbocycles. The Hall–Kier alpha value is -2.72. The van der Waals surface area contributed by atoms with Crippen LogP contribution >= 0.6 is 0 Å². The van der Waals surface area contributed by atoms with E-state index in [0.29, 0.717) is 26.3 Å². The molecule has 150 valence electrons. The van der Waals surface area contributed by atoms with Crippen LogP contribution in [0.4, 0.5) is 24.7 Å². The number of morpholine rings is 1. The van der Waals surface area contributed by atoms with Gasteiger partial charge in [-0.2, -0.15) is 13.2 Å². The van der Waals surface area contributed by atoms with E-state index in [2.05, 4.69) is 25.7 Å². The minimum atomic E-state index is -4.49. The van der Waals surface area contributed by atoms with E-state index >= 15 is 0 Å². The van der Waals surface area contributed by atoms with Crippen LogP contribution in [0.5, 0.6) is 0 Å². The summed E-state index contributed by atoms with van der Waals surface area (Å²) in [6.45, 7) is 4.19. The van der Waals surface area contributed by atoms with Gasteiger partial charge in [-0.15, -0.1) is 10.2 Å². The highest BCUT2D eigenvalue weighted by molar-refractivity contribution is 5.92. The van der Waals surface area contributed by atoms with Crippen molar-refractivity contribution in [1.82, 2.24) is 20.4 Å². The highest BCUT2D eigenvalue weighted by Crippen LogP contribution is 2.35. The summed E-state index contributed by atoms with van der Waals surface area (Å²) in [7, 11) is 0. The lowest BCUT2D eigenvalue weighted by molar-refractivity contribution is -0.136. The zero-order chi connectivity index (χ0) is 20.0. The number of amides is 1. The molecule has 10 heteroatoms. The lowest BCUT2D eigenvalue weighted by Crippen LogP contribution is -2.41. The van der Waals surface area contributed by atoms with Crippen LogP contribution in [-0.4, -0.2) is 60.4 Å². The van der Waals surface area contributed by atoms with E-state index in [4.69, 9.17) is 4.74 Å². The number of nitrogens with one attached hydrogen (secondary N) is 2. The van der Waals surface area contributed by atoms with E-state index in [0.717, 1.165) is 19.2 Å². The van der Waals surface area contributed by atoms with Crippen LogP contribution in [0.1, 0.15) is 16.1 Å². The third kappa shape index (κ3) is 5.40. The number of hydrogen-bond acceptors (Lipinski definition) is 6. The summed E-state index contributed by atoms with van der Waals surface area (Å²) in [5.41, 5.74) is -0.842. The fourth-order valence-electron chi connectivity index (χ4n) is 2.74. The van der Waals surface area contributed by atoms with Crippen LogP contribution < -0.4 is 10.6 Å². The molecule has 0 bridgehead atoms. The molecule has 1 fully saturated rings. The van der Waals surface area contributed by atoms with Gasteiger partial charge in [-0.25, -0.2) is 0 Å². The molecule has 0 spiro atoms. The molecule has 28 heavy (non-hydrogen) atoms. The molecule has 1 aliphatic rings. The Morgan fingerprint density at radius 2 is 1.86 bits per heavy atom. The molecule has 3 rings (SSSR count). The first-order valence-electron chi connectivity index (χ1n) is 8.79. The van der Waals surface area contributed by atoms with E-state index in [-0.39, 0.29) is 23.1 Å². The van der Waals surface area contributed by atoms with Crippen molar-refractivity contribution in [1.29, 1.82) is 0 Å². The molecule has 2 aromatic rings. The summed E-state index contributed by atoms with van der Waals surface area (Å²) < 4.78 is 44.4. The minimum absolute atomic E-state index is 0.0941. The number of nitrogens with zero attached hydrogens (tertiary/aromatic N) is 3. The molecule has 0 unspecified atom stereocenters. The third-order valence-electron chi connectivity index (χ3n) is 4.21. The molecule has 0 atom stereocenters. The van der Waals surface area contributed by atoms with Gasteiger partial charge >= 0.3 is 6.18 Å². The molecule has 2 N–H and O–H groups in total. The predicted molar refractivity (Wildman–Crippen MR) is 96.4 cm³/mol. The van der Waals surface area contributed by atoms with Gasteiger partial charge in [0.1, 0.15) is 0 Å². The number of hydrogen-bond donors (Lipinski definition) is 2. The summed E-state index contributed by atoms with van der Waals surface area (Å²) in [4.78, 5) is 14.3. The monoisotopic (exact) mass is 395 g/mol. The second-order valence-corrected chi connectivity index (χ2v) is 6.18. The van der Waals surface area contributed by atoms with E-state index in [1.165, 1.54) is 30.3 Å². The largest absolute Gasteiger partial charge is 0.418 e. The molecule has 1 amide bonds. The summed E-state index contributed by atoms with van der Waals surface area (Å²) >= 11 is 0. The zero-order valence-corrected chi connectivity index (χ0v) is 15.0.